The summed E-state index contributed by atoms with van der Waals surface area (Å²) in [6.07, 6.45) is 0.123. The van der Waals surface area contributed by atoms with Crippen LogP contribution in [0.2, 0.25) is 19.6 Å². The normalized spacial score (nSPS) is 16.2. The van der Waals surface area contributed by atoms with E-state index in [9.17, 15) is 14.4 Å². The van der Waals surface area contributed by atoms with Crippen molar-refractivity contribution >= 4 is 32.1 Å². The molecule has 168 valence electrons. The molecule has 0 bridgehead atoms. The summed E-state index contributed by atoms with van der Waals surface area (Å²) in [4.78, 5) is 36.5. The molecule has 0 saturated carbocycles. The fourth-order valence-corrected chi connectivity index (χ4v) is 3.27. The highest BCUT2D eigenvalue weighted by Gasteiger charge is 2.28. The first-order chi connectivity index (χ1) is 14.3. The van der Waals surface area contributed by atoms with Gasteiger partial charge in [0.05, 0.1) is 22.7 Å². The zero-order valence-electron chi connectivity index (χ0n) is 18.8. The second kappa shape index (κ2) is 9.62. The van der Waals surface area contributed by atoms with E-state index < -0.39 is 31.6 Å². The highest BCUT2D eigenvalue weighted by molar-refractivity contribution is 6.83. The van der Waals surface area contributed by atoms with E-state index in [4.69, 9.17) is 9.47 Å². The molecule has 2 rings (SSSR count). The molecule has 1 aliphatic heterocycles. The molecule has 1 fully saturated rings. The van der Waals surface area contributed by atoms with Crippen LogP contribution in [0, 0.1) is 23.2 Å². The summed E-state index contributed by atoms with van der Waals surface area (Å²) < 4.78 is 25.9. The van der Waals surface area contributed by atoms with Gasteiger partial charge in [-0.05, 0) is 33.7 Å². The number of carbonyl (C=O) groups excluding carboxylic acids is 3. The van der Waals surface area contributed by atoms with Gasteiger partial charge in [-0.15, -0.1) is 5.54 Å². The predicted molar refractivity (Wildman–Crippen MR) is 118 cm³/mol. The Labute approximate surface area is 183 Å². The molecule has 1 aromatic rings. The molecule has 1 unspecified atom stereocenters. The summed E-state index contributed by atoms with van der Waals surface area (Å²) in [5.74, 6) is 0.779. The number of rotatable bonds is 4. The molecule has 0 spiro atoms. The highest BCUT2D eigenvalue weighted by Crippen LogP contribution is 2.31. The van der Waals surface area contributed by atoms with Crippen molar-refractivity contribution in [2.45, 2.75) is 52.4 Å². The van der Waals surface area contributed by atoms with Crippen molar-refractivity contribution in [3.05, 3.63) is 23.0 Å². The van der Waals surface area contributed by atoms with Gasteiger partial charge in [0, 0.05) is 12.6 Å². The van der Waals surface area contributed by atoms with E-state index in [1.807, 2.05) is 19.6 Å². The van der Waals surface area contributed by atoms with Crippen LogP contribution in [0.5, 0.6) is 5.75 Å². The van der Waals surface area contributed by atoms with E-state index in [2.05, 4.69) is 22.1 Å². The molecule has 0 aliphatic carbocycles. The number of nitrogens with one attached hydrogen (secondary N) is 2. The molecule has 1 aliphatic rings. The maximum absolute atomic E-state index is 15.2. The van der Waals surface area contributed by atoms with Gasteiger partial charge >= 0.3 is 12.1 Å². The molecular formula is C22H29FN2O5Si. The molecule has 7 nitrogen and oxygen atoms in total. The van der Waals surface area contributed by atoms with Gasteiger partial charge < -0.3 is 14.8 Å². The quantitative estimate of drug-likeness (QED) is 0.240. The standard InChI is InChI=1S/C22H29FN2O5Si/c1-22(2,3)30-21(28)25-17-11-18(29-20(27)14-7-9-24-12-14)16(13-26)15(19(17)23)8-10-31(4,5)6/h11,13-14,24H,7,9,12H2,1-6H3,(H,25,28). The second-order valence-electron chi connectivity index (χ2n) is 9.38. The zero-order chi connectivity index (χ0) is 23.4. The number of aldehydes is 1. The molecule has 0 radical (unpaired) electrons. The van der Waals surface area contributed by atoms with Crippen LogP contribution in [0.4, 0.5) is 14.9 Å². The first-order valence-corrected chi connectivity index (χ1v) is 13.6. The van der Waals surface area contributed by atoms with Gasteiger partial charge in [0.15, 0.2) is 12.1 Å². The van der Waals surface area contributed by atoms with Crippen molar-refractivity contribution in [1.29, 1.82) is 0 Å². The van der Waals surface area contributed by atoms with Crippen molar-refractivity contribution in [2.24, 2.45) is 5.92 Å². The number of anilines is 1. The third-order valence-electron chi connectivity index (χ3n) is 4.19. The monoisotopic (exact) mass is 448 g/mol. The Morgan fingerprint density at radius 3 is 2.52 bits per heavy atom. The number of hydrogen-bond acceptors (Lipinski definition) is 6. The van der Waals surface area contributed by atoms with E-state index in [0.717, 1.165) is 6.07 Å². The van der Waals surface area contributed by atoms with Crippen molar-refractivity contribution in [3.63, 3.8) is 0 Å². The van der Waals surface area contributed by atoms with Crippen molar-refractivity contribution in [2.75, 3.05) is 18.4 Å². The van der Waals surface area contributed by atoms with Gasteiger partial charge in [0.1, 0.15) is 19.4 Å². The maximum Gasteiger partial charge on any atom is 0.412 e. The Balaban J connectivity index is 2.53. The number of ether oxygens (including phenoxy) is 2. The molecule has 1 atom stereocenters. The lowest BCUT2D eigenvalue weighted by Gasteiger charge is -2.20. The summed E-state index contributed by atoms with van der Waals surface area (Å²) in [7, 11) is -1.92. The van der Waals surface area contributed by atoms with Crippen molar-refractivity contribution < 1.29 is 28.2 Å². The average molecular weight is 449 g/mol. The number of benzene rings is 1. The van der Waals surface area contributed by atoms with Crippen LogP contribution in [0.3, 0.4) is 0 Å². The van der Waals surface area contributed by atoms with Gasteiger partial charge in [-0.2, -0.15) is 0 Å². The molecule has 2 N–H and O–H groups in total. The number of amides is 1. The van der Waals surface area contributed by atoms with Crippen molar-refractivity contribution in [3.8, 4) is 17.2 Å². The summed E-state index contributed by atoms with van der Waals surface area (Å²) >= 11 is 0. The SMILES string of the molecule is CC(C)(C)OC(=O)Nc1cc(OC(=O)C2CCNC2)c(C=O)c(C#C[Si](C)(C)C)c1F. The summed E-state index contributed by atoms with van der Waals surface area (Å²) in [6.45, 7) is 12.1. The molecule has 1 saturated heterocycles. The first kappa shape index (κ1) is 24.6. The Morgan fingerprint density at radius 1 is 1.32 bits per heavy atom. The van der Waals surface area contributed by atoms with Crippen LogP contribution in [0.25, 0.3) is 0 Å². The third kappa shape index (κ3) is 7.19. The van der Waals surface area contributed by atoms with Gasteiger partial charge in [0.25, 0.3) is 0 Å². The molecule has 1 heterocycles. The Bertz CT molecular complexity index is 932. The fraction of sp³-hybridized carbons (Fsp3) is 0.500. The summed E-state index contributed by atoms with van der Waals surface area (Å²) in [5.41, 5.74) is 1.53. The molecule has 1 aromatic carbocycles. The first-order valence-electron chi connectivity index (χ1n) is 10.1. The third-order valence-corrected chi connectivity index (χ3v) is 5.06. The number of halogens is 1. The van der Waals surface area contributed by atoms with E-state index in [0.29, 0.717) is 25.8 Å². The minimum Gasteiger partial charge on any atom is -0.444 e. The lowest BCUT2D eigenvalue weighted by Crippen LogP contribution is -2.28. The van der Waals surface area contributed by atoms with Gasteiger partial charge in [-0.25, -0.2) is 9.18 Å². The molecular weight excluding hydrogens is 419 g/mol. The van der Waals surface area contributed by atoms with Crippen LogP contribution >= 0.6 is 0 Å². The van der Waals surface area contributed by atoms with Crippen LogP contribution in [0.15, 0.2) is 6.07 Å². The maximum atomic E-state index is 15.2. The molecule has 0 aromatic heterocycles. The minimum atomic E-state index is -1.92. The lowest BCUT2D eigenvalue weighted by molar-refractivity contribution is -0.138. The number of hydrogen-bond donors (Lipinski definition) is 2. The van der Waals surface area contributed by atoms with Crippen LogP contribution < -0.4 is 15.4 Å². The van der Waals surface area contributed by atoms with E-state index in [-0.39, 0.29) is 28.5 Å². The Hall–Kier alpha value is -2.70. The number of esters is 1. The van der Waals surface area contributed by atoms with Crippen LogP contribution in [-0.2, 0) is 9.53 Å². The van der Waals surface area contributed by atoms with E-state index >= 15 is 4.39 Å². The van der Waals surface area contributed by atoms with Crippen molar-refractivity contribution in [1.82, 2.24) is 5.32 Å². The second-order valence-corrected chi connectivity index (χ2v) is 14.1. The zero-order valence-corrected chi connectivity index (χ0v) is 19.8. The van der Waals surface area contributed by atoms with E-state index in [1.165, 1.54) is 0 Å². The average Bonchev–Trinajstić information content (AvgIpc) is 3.15. The predicted octanol–water partition coefficient (Wildman–Crippen LogP) is 3.73. The highest BCUT2D eigenvalue weighted by atomic mass is 28.3. The van der Waals surface area contributed by atoms with E-state index in [1.54, 1.807) is 20.8 Å². The number of carbonyl (C=O) groups is 3. The molecule has 9 heteroatoms. The molecule has 1 amide bonds. The van der Waals surface area contributed by atoms with Crippen LogP contribution in [0.1, 0.15) is 43.1 Å². The minimum absolute atomic E-state index is 0.153. The topological polar surface area (TPSA) is 93.7 Å². The Kier molecular flexibility index (Phi) is 7.62. The lowest BCUT2D eigenvalue weighted by atomic mass is 10.0. The largest absolute Gasteiger partial charge is 0.444 e. The Morgan fingerprint density at radius 2 is 2.00 bits per heavy atom. The van der Waals surface area contributed by atoms with Crippen LogP contribution in [-0.4, -0.2) is 45.1 Å². The van der Waals surface area contributed by atoms with Gasteiger partial charge in [-0.3, -0.25) is 14.9 Å². The summed E-state index contributed by atoms with van der Waals surface area (Å²) in [5, 5.41) is 5.39. The van der Waals surface area contributed by atoms with Gasteiger partial charge in [-0.1, -0.05) is 25.6 Å². The summed E-state index contributed by atoms with van der Waals surface area (Å²) in [6, 6.07) is 1.11. The smallest absolute Gasteiger partial charge is 0.412 e. The van der Waals surface area contributed by atoms with Gasteiger partial charge in [0.2, 0.25) is 0 Å². The fourth-order valence-electron chi connectivity index (χ4n) is 2.77. The molecule has 31 heavy (non-hydrogen) atoms.